The maximum Gasteiger partial charge on any atom is 0.301 e. The van der Waals surface area contributed by atoms with Gasteiger partial charge in [-0.3, -0.25) is 14.5 Å². The zero-order valence-electron chi connectivity index (χ0n) is 24.7. The number of thioether (sulfide) groups is 1. The van der Waals surface area contributed by atoms with Gasteiger partial charge in [0.15, 0.2) is 4.34 Å². The summed E-state index contributed by atoms with van der Waals surface area (Å²) in [7, 11) is 0. The van der Waals surface area contributed by atoms with Crippen LogP contribution in [0.2, 0.25) is 10.0 Å². The van der Waals surface area contributed by atoms with Gasteiger partial charge in [-0.25, -0.2) is 0 Å². The molecule has 234 valence electrons. The number of hydrogen-bond acceptors (Lipinski definition) is 9. The molecular weight excluding hydrogens is 653 g/mol. The molecule has 0 spiro atoms. The van der Waals surface area contributed by atoms with Gasteiger partial charge in [0.05, 0.1) is 24.8 Å². The van der Waals surface area contributed by atoms with Crippen molar-refractivity contribution in [3.8, 4) is 11.5 Å². The lowest BCUT2D eigenvalue weighted by Crippen LogP contribution is -2.29. The Hall–Kier alpha value is -3.57. The predicted molar refractivity (Wildman–Crippen MR) is 180 cm³/mol. The van der Waals surface area contributed by atoms with Crippen molar-refractivity contribution in [3.05, 3.63) is 99.0 Å². The molecule has 1 N–H and O–H groups in total. The lowest BCUT2D eigenvalue weighted by molar-refractivity contribution is -0.132. The van der Waals surface area contributed by atoms with Gasteiger partial charge in [-0.15, -0.1) is 10.2 Å². The third kappa shape index (κ3) is 7.64. The summed E-state index contributed by atoms with van der Waals surface area (Å²) in [5.74, 6) is -0.202. The minimum Gasteiger partial charge on any atom is -0.507 e. The first-order valence-electron chi connectivity index (χ1n) is 14.5. The van der Waals surface area contributed by atoms with Crippen LogP contribution in [0.1, 0.15) is 55.8 Å². The number of benzene rings is 3. The zero-order valence-corrected chi connectivity index (χ0v) is 27.8. The number of amides is 1. The minimum atomic E-state index is -0.965. The summed E-state index contributed by atoms with van der Waals surface area (Å²) in [5.41, 5.74) is 1.79. The maximum absolute atomic E-state index is 13.7. The number of hydrogen-bond donors (Lipinski definition) is 1. The van der Waals surface area contributed by atoms with Gasteiger partial charge >= 0.3 is 5.91 Å². The molecule has 1 aliphatic rings. The quantitative estimate of drug-likeness (QED) is 0.0373. The number of carbonyl (C=O) groups is 2. The highest BCUT2D eigenvalue weighted by molar-refractivity contribution is 8.00. The van der Waals surface area contributed by atoms with Crippen LogP contribution in [0.15, 0.2) is 76.6 Å². The summed E-state index contributed by atoms with van der Waals surface area (Å²) < 4.78 is 12.1. The maximum atomic E-state index is 13.7. The first-order valence-corrected chi connectivity index (χ1v) is 17.0. The SMILES string of the molecule is CCCCCOc1cccc(C2C(=C(O)c3ccc(OCC)cc3)C(=O)C(=O)N2c2nnc(SCc3ccc(Cl)cc3Cl)s2)c1. The van der Waals surface area contributed by atoms with E-state index in [-0.39, 0.29) is 16.5 Å². The molecule has 0 aliphatic carbocycles. The van der Waals surface area contributed by atoms with Gasteiger partial charge in [-0.1, -0.05) is 84.3 Å². The van der Waals surface area contributed by atoms with E-state index in [2.05, 4.69) is 17.1 Å². The molecule has 0 saturated carbocycles. The molecule has 1 atom stereocenters. The Morgan fingerprint density at radius 3 is 2.51 bits per heavy atom. The topological polar surface area (TPSA) is 102 Å². The number of aliphatic hydroxyl groups is 1. The minimum absolute atomic E-state index is 0.0513. The van der Waals surface area contributed by atoms with Crippen molar-refractivity contribution in [1.82, 2.24) is 10.2 Å². The van der Waals surface area contributed by atoms with E-state index in [9.17, 15) is 14.7 Å². The van der Waals surface area contributed by atoms with Crippen molar-refractivity contribution in [2.45, 2.75) is 49.2 Å². The molecule has 1 saturated heterocycles. The summed E-state index contributed by atoms with van der Waals surface area (Å²) in [4.78, 5) is 28.6. The van der Waals surface area contributed by atoms with Crippen LogP contribution < -0.4 is 14.4 Å². The van der Waals surface area contributed by atoms with E-state index < -0.39 is 17.7 Å². The molecule has 5 rings (SSSR count). The Morgan fingerprint density at radius 2 is 1.78 bits per heavy atom. The second kappa shape index (κ2) is 15.1. The van der Waals surface area contributed by atoms with Gasteiger partial charge < -0.3 is 14.6 Å². The van der Waals surface area contributed by atoms with E-state index in [0.717, 1.165) is 24.8 Å². The second-order valence-corrected chi connectivity index (χ2v) is 13.2. The number of aliphatic hydroxyl groups excluding tert-OH is 1. The van der Waals surface area contributed by atoms with Crippen LogP contribution in [-0.2, 0) is 15.3 Å². The van der Waals surface area contributed by atoms with Gasteiger partial charge in [0.1, 0.15) is 17.3 Å². The van der Waals surface area contributed by atoms with Crippen LogP contribution in [0.5, 0.6) is 11.5 Å². The number of ether oxygens (including phenoxy) is 2. The summed E-state index contributed by atoms with van der Waals surface area (Å²) in [6.07, 6.45) is 3.02. The van der Waals surface area contributed by atoms with E-state index in [1.165, 1.54) is 28.0 Å². The second-order valence-electron chi connectivity index (χ2n) is 10.1. The Morgan fingerprint density at radius 1 is 0.978 bits per heavy atom. The first-order chi connectivity index (χ1) is 21.8. The normalized spacial score (nSPS) is 15.9. The molecule has 1 unspecified atom stereocenters. The average molecular weight is 685 g/mol. The summed E-state index contributed by atoms with van der Waals surface area (Å²) in [6.45, 7) is 5.03. The van der Waals surface area contributed by atoms with Crippen LogP contribution in [0.3, 0.4) is 0 Å². The number of unbranched alkanes of at least 4 members (excludes halogenated alkanes) is 2. The summed E-state index contributed by atoms with van der Waals surface area (Å²) in [6, 6.07) is 18.3. The number of anilines is 1. The van der Waals surface area contributed by atoms with Crippen molar-refractivity contribution in [1.29, 1.82) is 0 Å². The van der Waals surface area contributed by atoms with Gasteiger partial charge in [0, 0.05) is 21.4 Å². The van der Waals surface area contributed by atoms with Crippen LogP contribution in [-0.4, -0.2) is 40.2 Å². The van der Waals surface area contributed by atoms with Crippen molar-refractivity contribution in [3.63, 3.8) is 0 Å². The zero-order chi connectivity index (χ0) is 31.9. The van der Waals surface area contributed by atoms with Gasteiger partial charge in [-0.05, 0) is 73.0 Å². The fraction of sp³-hybridized carbons (Fsp3) is 0.273. The smallest absolute Gasteiger partial charge is 0.301 e. The van der Waals surface area contributed by atoms with Crippen molar-refractivity contribution in [2.75, 3.05) is 18.1 Å². The van der Waals surface area contributed by atoms with Crippen LogP contribution in [0.4, 0.5) is 5.13 Å². The van der Waals surface area contributed by atoms with E-state index in [1.54, 1.807) is 54.6 Å². The number of Topliss-reactive ketones (excluding diaryl/α,β-unsaturated/α-hetero) is 1. The number of aromatic nitrogens is 2. The van der Waals surface area contributed by atoms with Gasteiger partial charge in [0.2, 0.25) is 5.13 Å². The molecule has 1 aliphatic heterocycles. The Balaban J connectivity index is 1.51. The van der Waals surface area contributed by atoms with E-state index in [1.807, 2.05) is 19.1 Å². The van der Waals surface area contributed by atoms with Crippen molar-refractivity contribution >= 4 is 68.9 Å². The lowest BCUT2D eigenvalue weighted by Gasteiger charge is -2.23. The lowest BCUT2D eigenvalue weighted by atomic mass is 9.95. The third-order valence-electron chi connectivity index (χ3n) is 7.04. The number of halogens is 2. The molecule has 2 heterocycles. The standard InChI is InChI=1S/C33H31Cl2N3O5S2/c1-3-5-6-16-43-25-9-7-8-21(17-25)28-27(29(39)20-11-14-24(15-12-20)42-4-2)30(40)31(41)38(28)32-36-37-33(45-32)44-19-22-10-13-23(34)18-26(22)35/h7-15,17-18,28,39H,3-6,16,19H2,1-2H3. The van der Waals surface area contributed by atoms with Crippen molar-refractivity contribution in [2.24, 2.45) is 0 Å². The Kier molecular flexibility index (Phi) is 11.0. The molecule has 1 aromatic heterocycles. The number of rotatable bonds is 13. The van der Waals surface area contributed by atoms with E-state index in [4.69, 9.17) is 32.7 Å². The Labute approximate surface area is 280 Å². The molecule has 8 nitrogen and oxygen atoms in total. The highest BCUT2D eigenvalue weighted by atomic mass is 35.5. The fourth-order valence-electron chi connectivity index (χ4n) is 4.83. The molecule has 12 heteroatoms. The highest BCUT2D eigenvalue weighted by Crippen LogP contribution is 2.45. The monoisotopic (exact) mass is 683 g/mol. The Bertz CT molecular complexity index is 1710. The van der Waals surface area contributed by atoms with E-state index >= 15 is 0 Å². The summed E-state index contributed by atoms with van der Waals surface area (Å²) >= 11 is 14.9. The first kappa shape index (κ1) is 32.8. The van der Waals surface area contributed by atoms with Gasteiger partial charge in [0.25, 0.3) is 5.78 Å². The number of nitrogens with zero attached hydrogens (tertiary/aromatic N) is 3. The van der Waals surface area contributed by atoms with Gasteiger partial charge in [-0.2, -0.15) is 0 Å². The fourth-order valence-corrected chi connectivity index (χ4v) is 7.26. The number of ketones is 1. The predicted octanol–water partition coefficient (Wildman–Crippen LogP) is 8.73. The molecular formula is C33H31Cl2N3O5S2. The summed E-state index contributed by atoms with van der Waals surface area (Å²) in [5, 5.41) is 21.4. The number of carbonyl (C=O) groups excluding carboxylic acids is 2. The van der Waals surface area contributed by atoms with Crippen molar-refractivity contribution < 1.29 is 24.2 Å². The molecule has 0 radical (unpaired) electrons. The van der Waals surface area contributed by atoms with Crippen LogP contribution >= 0.6 is 46.3 Å². The molecule has 1 amide bonds. The van der Waals surface area contributed by atoms with Crippen LogP contribution in [0, 0.1) is 0 Å². The highest BCUT2D eigenvalue weighted by Gasteiger charge is 2.48. The average Bonchev–Trinajstić information content (AvgIpc) is 3.61. The molecule has 0 bridgehead atoms. The molecule has 3 aromatic carbocycles. The largest absolute Gasteiger partial charge is 0.507 e. The molecule has 1 fully saturated rings. The molecule has 45 heavy (non-hydrogen) atoms. The third-order valence-corrected chi connectivity index (χ3v) is 9.73. The van der Waals surface area contributed by atoms with Crippen LogP contribution in [0.25, 0.3) is 5.76 Å². The molecule has 4 aromatic rings. The van der Waals surface area contributed by atoms with E-state index in [0.29, 0.717) is 56.0 Å².